The molecule has 4 aromatic carbocycles. The van der Waals surface area contributed by atoms with Crippen molar-refractivity contribution in [3.63, 3.8) is 0 Å². The number of rotatable bonds is 15. The van der Waals surface area contributed by atoms with Gasteiger partial charge in [0.15, 0.2) is 15.4 Å². The van der Waals surface area contributed by atoms with E-state index in [-0.39, 0.29) is 42.1 Å². The van der Waals surface area contributed by atoms with Gasteiger partial charge in [-0.05, 0) is 53.9 Å². The fourth-order valence-corrected chi connectivity index (χ4v) is 6.51. The molecular formula is C35H37N3O6S. The average molecular weight is 628 g/mol. The molecule has 9 nitrogen and oxygen atoms in total. The van der Waals surface area contributed by atoms with Gasteiger partial charge in [0.25, 0.3) is 5.91 Å². The lowest BCUT2D eigenvalue weighted by Gasteiger charge is -2.25. The van der Waals surface area contributed by atoms with Crippen molar-refractivity contribution in [2.75, 3.05) is 32.1 Å². The van der Waals surface area contributed by atoms with Crippen molar-refractivity contribution < 1.29 is 27.8 Å². The van der Waals surface area contributed by atoms with Crippen molar-refractivity contribution in [2.45, 2.75) is 29.2 Å². The molecule has 0 aromatic heterocycles. The number of carbonyl (C=O) groups excluding carboxylic acids is 1. The second-order valence-corrected chi connectivity index (χ2v) is 12.9. The van der Waals surface area contributed by atoms with Gasteiger partial charge in [0.05, 0.1) is 17.3 Å². The Morgan fingerprint density at radius 1 is 0.889 bits per heavy atom. The molecule has 234 valence electrons. The van der Waals surface area contributed by atoms with Crippen LogP contribution in [0.15, 0.2) is 125 Å². The monoisotopic (exact) mass is 627 g/mol. The number of nitrogens with zero attached hydrogens (tertiary/aromatic N) is 1. The van der Waals surface area contributed by atoms with Crippen LogP contribution in [0.4, 0.5) is 0 Å². The summed E-state index contributed by atoms with van der Waals surface area (Å²) < 4.78 is 38.0. The molecule has 1 aliphatic rings. The van der Waals surface area contributed by atoms with Gasteiger partial charge >= 0.3 is 0 Å². The minimum atomic E-state index is -3.68. The number of aliphatic hydroxyl groups is 1. The normalized spacial score (nSPS) is 16.2. The molecule has 1 heterocycles. The summed E-state index contributed by atoms with van der Waals surface area (Å²) in [7, 11) is -3.68. The van der Waals surface area contributed by atoms with E-state index < -0.39 is 21.3 Å². The molecule has 45 heavy (non-hydrogen) atoms. The Labute approximate surface area is 263 Å². The highest BCUT2D eigenvalue weighted by atomic mass is 32.2. The Morgan fingerprint density at radius 3 is 2.09 bits per heavy atom. The number of hydrogen-bond donors (Lipinski definition) is 3. The summed E-state index contributed by atoms with van der Waals surface area (Å²) in [6, 6.07) is 35.2. The summed E-state index contributed by atoms with van der Waals surface area (Å²) in [5.41, 5.74) is 7.23. The van der Waals surface area contributed by atoms with Crippen molar-refractivity contribution in [2.24, 2.45) is 4.99 Å². The number of sulfone groups is 1. The van der Waals surface area contributed by atoms with E-state index in [1.165, 1.54) is 0 Å². The van der Waals surface area contributed by atoms with E-state index in [0.29, 0.717) is 30.9 Å². The Morgan fingerprint density at radius 2 is 1.49 bits per heavy atom. The minimum absolute atomic E-state index is 0.0425. The van der Waals surface area contributed by atoms with Crippen LogP contribution in [0.1, 0.15) is 35.4 Å². The molecule has 0 saturated heterocycles. The van der Waals surface area contributed by atoms with E-state index in [1.807, 2.05) is 60.7 Å². The minimum Gasteiger partial charge on any atom is -0.494 e. The summed E-state index contributed by atoms with van der Waals surface area (Å²) >= 11 is 0. The standard InChI is InChI=1S/C35H37N3O6S/c39-22-10-23-43-30-19-17-29(18-20-30)33-37-35(26-44-33,21-24-45(41,42)31-15-8-3-9-16-31)34(40)38-36-25-32(27-11-4-1-5-12-27)28-13-6-2-7-14-28/h1-9,11-20,32,36,39H,10,21-26H2,(H,38,40)/t35-/m0/s1. The molecule has 10 heteroatoms. The molecule has 0 spiro atoms. The van der Waals surface area contributed by atoms with Gasteiger partial charge in [0, 0.05) is 31.1 Å². The topological polar surface area (TPSA) is 126 Å². The average Bonchev–Trinajstić information content (AvgIpc) is 3.53. The largest absolute Gasteiger partial charge is 0.494 e. The Kier molecular flexibility index (Phi) is 10.6. The van der Waals surface area contributed by atoms with Gasteiger partial charge < -0.3 is 14.6 Å². The summed E-state index contributed by atoms with van der Waals surface area (Å²) in [4.78, 5) is 18.8. The number of ether oxygens (including phenoxy) is 2. The van der Waals surface area contributed by atoms with Crippen LogP contribution in [0, 0.1) is 0 Å². The first-order valence-electron chi connectivity index (χ1n) is 14.9. The molecule has 3 N–H and O–H groups in total. The second-order valence-electron chi connectivity index (χ2n) is 10.8. The third-order valence-corrected chi connectivity index (χ3v) is 9.39. The quantitative estimate of drug-likeness (QED) is 0.133. The maximum Gasteiger partial charge on any atom is 0.265 e. The highest BCUT2D eigenvalue weighted by Gasteiger charge is 2.45. The molecule has 0 bridgehead atoms. The van der Waals surface area contributed by atoms with Gasteiger partial charge in [0.1, 0.15) is 12.4 Å². The number of hydrazine groups is 1. The second kappa shape index (κ2) is 15.0. The SMILES string of the molecule is O=C(NNCC(c1ccccc1)c1ccccc1)[C@]1(CCS(=O)(=O)c2ccccc2)COC(c2ccc(OCCCO)cc2)=N1. The molecular weight excluding hydrogens is 590 g/mol. The van der Waals surface area contributed by atoms with Crippen LogP contribution in [0.3, 0.4) is 0 Å². The van der Waals surface area contributed by atoms with Crippen molar-refractivity contribution in [1.29, 1.82) is 0 Å². The van der Waals surface area contributed by atoms with Crippen LogP contribution >= 0.6 is 0 Å². The van der Waals surface area contributed by atoms with E-state index in [2.05, 4.69) is 10.9 Å². The fraction of sp³-hybridized carbons (Fsp3) is 0.257. The Balaban J connectivity index is 1.35. The molecule has 0 saturated carbocycles. The van der Waals surface area contributed by atoms with Crippen LogP contribution < -0.4 is 15.6 Å². The van der Waals surface area contributed by atoms with E-state index >= 15 is 0 Å². The first-order valence-corrected chi connectivity index (χ1v) is 16.5. The van der Waals surface area contributed by atoms with Crippen molar-refractivity contribution in [1.82, 2.24) is 10.9 Å². The van der Waals surface area contributed by atoms with Gasteiger partial charge in [-0.25, -0.2) is 18.8 Å². The number of benzene rings is 4. The highest BCUT2D eigenvalue weighted by Crippen LogP contribution is 2.29. The lowest BCUT2D eigenvalue weighted by molar-refractivity contribution is -0.127. The first kappa shape index (κ1) is 31.9. The smallest absolute Gasteiger partial charge is 0.265 e. The maximum atomic E-state index is 13.9. The Hall–Kier alpha value is -4.51. The third kappa shape index (κ3) is 8.16. The van der Waals surface area contributed by atoms with Gasteiger partial charge in [-0.2, -0.15) is 0 Å². The Bertz CT molecular complexity index is 1630. The van der Waals surface area contributed by atoms with Crippen LogP contribution in [0.2, 0.25) is 0 Å². The molecule has 1 atom stereocenters. The zero-order chi connectivity index (χ0) is 31.5. The lowest BCUT2D eigenvalue weighted by atomic mass is 9.91. The van der Waals surface area contributed by atoms with E-state index in [9.17, 15) is 13.2 Å². The van der Waals surface area contributed by atoms with E-state index in [1.54, 1.807) is 54.6 Å². The summed E-state index contributed by atoms with van der Waals surface area (Å²) in [5.74, 6) is 0.0532. The predicted molar refractivity (Wildman–Crippen MR) is 173 cm³/mol. The zero-order valence-corrected chi connectivity index (χ0v) is 25.7. The number of carbonyl (C=O) groups is 1. The lowest BCUT2D eigenvalue weighted by Crippen LogP contribution is -2.53. The number of aliphatic imine (C=N–C) groups is 1. The molecule has 1 amide bonds. The number of amides is 1. The molecule has 1 aliphatic heterocycles. The molecule has 0 unspecified atom stereocenters. The number of nitrogens with one attached hydrogen (secondary N) is 2. The predicted octanol–water partition coefficient (Wildman–Crippen LogP) is 4.28. The van der Waals surface area contributed by atoms with Gasteiger partial charge in [-0.3, -0.25) is 10.2 Å². The van der Waals surface area contributed by atoms with Gasteiger partial charge in [-0.15, -0.1) is 0 Å². The summed E-state index contributed by atoms with van der Waals surface area (Å²) in [6.45, 7) is 0.707. The molecule has 4 aromatic rings. The molecule has 5 rings (SSSR count). The zero-order valence-electron chi connectivity index (χ0n) is 24.8. The summed E-state index contributed by atoms with van der Waals surface area (Å²) in [5, 5.41) is 8.98. The van der Waals surface area contributed by atoms with Crippen LogP contribution in [0.25, 0.3) is 0 Å². The van der Waals surface area contributed by atoms with Crippen LogP contribution in [-0.4, -0.2) is 63.0 Å². The van der Waals surface area contributed by atoms with Crippen molar-refractivity contribution in [3.8, 4) is 5.75 Å². The number of aliphatic hydroxyl groups excluding tert-OH is 1. The first-order chi connectivity index (χ1) is 21.9. The molecule has 0 aliphatic carbocycles. The van der Waals surface area contributed by atoms with E-state index in [4.69, 9.17) is 19.6 Å². The van der Waals surface area contributed by atoms with Crippen LogP contribution in [0.5, 0.6) is 5.75 Å². The highest BCUT2D eigenvalue weighted by molar-refractivity contribution is 7.91. The van der Waals surface area contributed by atoms with Crippen molar-refractivity contribution >= 4 is 21.6 Å². The molecule has 0 radical (unpaired) electrons. The van der Waals surface area contributed by atoms with Gasteiger partial charge in [-0.1, -0.05) is 78.9 Å². The fourth-order valence-electron chi connectivity index (χ4n) is 5.10. The third-order valence-electron chi connectivity index (χ3n) is 7.66. The van der Waals surface area contributed by atoms with Crippen LogP contribution in [-0.2, 0) is 19.4 Å². The van der Waals surface area contributed by atoms with E-state index in [0.717, 1.165) is 11.1 Å². The van der Waals surface area contributed by atoms with Gasteiger partial charge in [0.2, 0.25) is 5.90 Å². The van der Waals surface area contributed by atoms with Crippen molar-refractivity contribution in [3.05, 3.63) is 132 Å². The number of hydrogen-bond acceptors (Lipinski definition) is 8. The summed E-state index contributed by atoms with van der Waals surface area (Å²) in [6.07, 6.45) is 0.441. The molecule has 0 fully saturated rings. The maximum absolute atomic E-state index is 13.9.